The number of fused-ring (bicyclic) bond motifs is 1. The van der Waals surface area contributed by atoms with Gasteiger partial charge in [0.1, 0.15) is 17.0 Å². The number of nitrogens with zero attached hydrogens (tertiary/aromatic N) is 1. The summed E-state index contributed by atoms with van der Waals surface area (Å²) in [5.74, 6) is -7.19. The Bertz CT molecular complexity index is 1640. The van der Waals surface area contributed by atoms with Crippen molar-refractivity contribution in [1.29, 1.82) is 0 Å². The van der Waals surface area contributed by atoms with Crippen molar-refractivity contribution < 1.29 is 41.4 Å². The number of hydrogen-bond donors (Lipinski definition) is 2. The number of halogens is 4. The van der Waals surface area contributed by atoms with E-state index in [1.807, 2.05) is 0 Å². The van der Waals surface area contributed by atoms with Crippen molar-refractivity contribution in [2.24, 2.45) is 5.41 Å². The third-order valence-corrected chi connectivity index (χ3v) is 6.50. The highest BCUT2D eigenvalue weighted by Crippen LogP contribution is 2.48. The minimum absolute atomic E-state index is 0.0469. The first-order chi connectivity index (χ1) is 19.2. The van der Waals surface area contributed by atoms with Crippen LogP contribution >= 0.6 is 0 Å². The molecule has 0 atom stereocenters. The smallest absolute Gasteiger partial charge is 0.240 e. The quantitative estimate of drug-likeness (QED) is 0.158. The number of carbonyl (C=O) groups excluding carboxylic acids is 2. The van der Waals surface area contributed by atoms with Gasteiger partial charge >= 0.3 is 0 Å². The lowest BCUT2D eigenvalue weighted by Crippen LogP contribution is -2.36. The van der Waals surface area contributed by atoms with E-state index in [1.165, 1.54) is 50.7 Å². The Labute approximate surface area is 224 Å². The first-order valence-corrected chi connectivity index (χ1v) is 11.9. The average Bonchev–Trinajstić information content (AvgIpc) is 3.77. The van der Waals surface area contributed by atoms with Crippen LogP contribution in [0, 0.1) is 28.7 Å². The van der Waals surface area contributed by atoms with Gasteiger partial charge < -0.3 is 24.8 Å². The zero-order valence-corrected chi connectivity index (χ0v) is 21.1. The number of amides is 2. The van der Waals surface area contributed by atoms with E-state index < -0.39 is 51.9 Å². The lowest BCUT2D eigenvalue weighted by Gasteiger charge is -2.17. The predicted molar refractivity (Wildman–Crippen MR) is 137 cm³/mol. The predicted octanol–water partition coefficient (Wildman–Crippen LogP) is 5.96. The fourth-order valence-electron chi connectivity index (χ4n) is 4.12. The number of pyridine rings is 1. The zero-order chi connectivity index (χ0) is 28.6. The Morgan fingerprint density at radius 3 is 2.12 bits per heavy atom. The summed E-state index contributed by atoms with van der Waals surface area (Å²) in [7, 11) is 2.83. The van der Waals surface area contributed by atoms with Crippen LogP contribution in [0.25, 0.3) is 10.9 Å². The summed E-state index contributed by atoms with van der Waals surface area (Å²) in [5.41, 5.74) is -1.78. The van der Waals surface area contributed by atoms with Gasteiger partial charge in [0.25, 0.3) is 0 Å². The first kappa shape index (κ1) is 26.7. The molecule has 0 spiro atoms. The van der Waals surface area contributed by atoms with E-state index >= 15 is 13.2 Å². The van der Waals surface area contributed by atoms with Gasteiger partial charge in [-0.25, -0.2) is 13.2 Å². The largest absolute Gasteiger partial charge is 0.493 e. The maximum absolute atomic E-state index is 15.1. The van der Waals surface area contributed by atoms with Crippen molar-refractivity contribution >= 4 is 34.1 Å². The van der Waals surface area contributed by atoms with E-state index in [0.717, 1.165) is 12.1 Å². The number of aromatic nitrogens is 1. The molecular formula is C28H21F4N3O5. The molecule has 1 aliphatic rings. The highest BCUT2D eigenvalue weighted by atomic mass is 19.2. The van der Waals surface area contributed by atoms with Gasteiger partial charge in [0.2, 0.25) is 23.4 Å². The molecule has 2 N–H and O–H groups in total. The molecule has 40 heavy (non-hydrogen) atoms. The van der Waals surface area contributed by atoms with Crippen LogP contribution in [0.5, 0.6) is 23.0 Å². The number of nitrogens with one attached hydrogen (secondary N) is 2. The van der Waals surface area contributed by atoms with Crippen LogP contribution in [0.1, 0.15) is 12.8 Å². The second kappa shape index (κ2) is 10.4. The Kier molecular flexibility index (Phi) is 6.92. The molecule has 0 saturated heterocycles. The topological polar surface area (TPSA) is 98.8 Å². The summed E-state index contributed by atoms with van der Waals surface area (Å²) >= 11 is 0. The van der Waals surface area contributed by atoms with Crippen molar-refractivity contribution in [2.45, 2.75) is 12.8 Å². The molecule has 1 fully saturated rings. The summed E-state index contributed by atoms with van der Waals surface area (Å²) in [6.07, 6.45) is 1.59. The zero-order valence-electron chi connectivity index (χ0n) is 21.1. The highest BCUT2D eigenvalue weighted by Gasteiger charge is 2.56. The maximum Gasteiger partial charge on any atom is 0.240 e. The minimum atomic E-state index is -1.69. The van der Waals surface area contributed by atoms with E-state index in [1.54, 1.807) is 0 Å². The second-order valence-corrected chi connectivity index (χ2v) is 9.00. The van der Waals surface area contributed by atoms with E-state index in [4.69, 9.17) is 14.2 Å². The molecule has 3 aromatic carbocycles. The van der Waals surface area contributed by atoms with Crippen LogP contribution in [0.2, 0.25) is 0 Å². The number of anilines is 2. The van der Waals surface area contributed by atoms with E-state index in [-0.39, 0.29) is 24.3 Å². The number of rotatable bonds is 8. The van der Waals surface area contributed by atoms with Crippen molar-refractivity contribution in [3.8, 4) is 23.0 Å². The molecular weight excluding hydrogens is 534 g/mol. The van der Waals surface area contributed by atoms with Gasteiger partial charge in [0.15, 0.2) is 23.1 Å². The van der Waals surface area contributed by atoms with Crippen LogP contribution < -0.4 is 24.8 Å². The van der Waals surface area contributed by atoms with Crippen LogP contribution in [0.3, 0.4) is 0 Å². The second-order valence-electron chi connectivity index (χ2n) is 9.00. The van der Waals surface area contributed by atoms with Crippen LogP contribution in [-0.4, -0.2) is 31.0 Å². The van der Waals surface area contributed by atoms with Crippen LogP contribution in [0.4, 0.5) is 28.9 Å². The molecule has 4 aromatic rings. The van der Waals surface area contributed by atoms with Crippen LogP contribution in [-0.2, 0) is 9.59 Å². The molecule has 12 heteroatoms. The molecule has 0 aliphatic heterocycles. The van der Waals surface area contributed by atoms with Gasteiger partial charge in [0, 0.05) is 29.4 Å². The summed E-state index contributed by atoms with van der Waals surface area (Å²) in [5, 5.41) is 4.91. The highest BCUT2D eigenvalue weighted by molar-refractivity contribution is 6.17. The molecule has 1 heterocycles. The number of ether oxygens (including phenoxy) is 3. The molecule has 8 nitrogen and oxygen atoms in total. The third-order valence-electron chi connectivity index (χ3n) is 6.50. The molecule has 206 valence electrons. The Hall–Kier alpha value is -4.87. The molecule has 1 aliphatic carbocycles. The van der Waals surface area contributed by atoms with Crippen molar-refractivity contribution in [1.82, 2.24) is 4.98 Å². The van der Waals surface area contributed by atoms with Gasteiger partial charge in [-0.1, -0.05) is 0 Å². The molecule has 1 saturated carbocycles. The number of carbonyl (C=O) groups is 2. The maximum atomic E-state index is 15.1. The first-order valence-electron chi connectivity index (χ1n) is 11.9. The summed E-state index contributed by atoms with van der Waals surface area (Å²) in [6, 6.07) is 9.79. The summed E-state index contributed by atoms with van der Waals surface area (Å²) in [6.45, 7) is 0. The van der Waals surface area contributed by atoms with Gasteiger partial charge in [-0.2, -0.15) is 4.39 Å². The Morgan fingerprint density at radius 2 is 1.48 bits per heavy atom. The van der Waals surface area contributed by atoms with E-state index in [2.05, 4.69) is 15.6 Å². The standard InChI is InChI=1S/C28H21F4N3O5/c1-38-21-11-16-18(13-22(21)39-2)33-10-7-20(16)40-25-17(30)12-19(23(31)24(25)32)35-27(37)28(8-9-28)26(36)34-15-5-3-14(29)4-6-15/h3-7,10-13H,8-9H2,1-2H3,(H,34,36)(H,35,37). The van der Waals surface area contributed by atoms with Gasteiger partial charge in [0.05, 0.1) is 25.4 Å². The van der Waals surface area contributed by atoms with Gasteiger partial charge in [-0.05, 0) is 49.2 Å². The number of benzene rings is 3. The fraction of sp³-hybridized carbons (Fsp3) is 0.179. The number of hydrogen-bond acceptors (Lipinski definition) is 6. The summed E-state index contributed by atoms with van der Waals surface area (Å²) < 4.78 is 74.1. The lowest BCUT2D eigenvalue weighted by molar-refractivity contribution is -0.131. The lowest BCUT2D eigenvalue weighted by atomic mass is 10.0. The monoisotopic (exact) mass is 555 g/mol. The van der Waals surface area contributed by atoms with E-state index in [0.29, 0.717) is 28.5 Å². The normalized spacial score (nSPS) is 13.4. The average molecular weight is 555 g/mol. The van der Waals surface area contributed by atoms with Crippen LogP contribution in [0.15, 0.2) is 54.7 Å². The summed E-state index contributed by atoms with van der Waals surface area (Å²) in [4.78, 5) is 29.8. The van der Waals surface area contributed by atoms with Gasteiger partial charge in [-0.15, -0.1) is 0 Å². The molecule has 0 unspecified atom stereocenters. The third kappa shape index (κ3) is 4.83. The molecule has 0 bridgehead atoms. The molecule has 2 amide bonds. The Morgan fingerprint density at radius 1 is 0.825 bits per heavy atom. The fourth-order valence-corrected chi connectivity index (χ4v) is 4.12. The SMILES string of the molecule is COc1cc2nccc(Oc3c(F)cc(NC(=O)C4(C(=O)Nc5ccc(F)cc5)CC4)c(F)c3F)c2cc1OC. The molecule has 1 aromatic heterocycles. The van der Waals surface area contributed by atoms with Crippen molar-refractivity contribution in [3.05, 3.63) is 78.0 Å². The number of methoxy groups -OCH3 is 2. The minimum Gasteiger partial charge on any atom is -0.493 e. The molecule has 0 radical (unpaired) electrons. The van der Waals surface area contributed by atoms with Crippen molar-refractivity contribution in [3.63, 3.8) is 0 Å². The van der Waals surface area contributed by atoms with Gasteiger partial charge in [-0.3, -0.25) is 14.6 Å². The Balaban J connectivity index is 1.39. The van der Waals surface area contributed by atoms with Crippen molar-refractivity contribution in [2.75, 3.05) is 24.9 Å². The molecule has 5 rings (SSSR count). The van der Waals surface area contributed by atoms with E-state index in [9.17, 15) is 14.0 Å².